The second-order valence-corrected chi connectivity index (χ2v) is 6.05. The maximum Gasteiger partial charge on any atom is 0.348 e. The summed E-state index contributed by atoms with van der Waals surface area (Å²) in [6, 6.07) is 3.71. The number of esters is 1. The van der Waals surface area contributed by atoms with Crippen molar-refractivity contribution in [2.24, 2.45) is 5.84 Å². The third-order valence-electron chi connectivity index (χ3n) is 2.11. The minimum Gasteiger partial charge on any atom is -0.465 e. The van der Waals surface area contributed by atoms with Crippen molar-refractivity contribution in [3.05, 3.63) is 21.9 Å². The first-order chi connectivity index (χ1) is 8.67. The number of hydrazine groups is 1. The van der Waals surface area contributed by atoms with Gasteiger partial charge in [0.25, 0.3) is 0 Å². The van der Waals surface area contributed by atoms with Gasteiger partial charge in [-0.25, -0.2) is 9.80 Å². The molecule has 0 saturated carbocycles. The van der Waals surface area contributed by atoms with Crippen LogP contribution in [0.5, 0.6) is 0 Å². The van der Waals surface area contributed by atoms with Crippen molar-refractivity contribution in [3.63, 3.8) is 0 Å². The first kappa shape index (κ1) is 15.7. The lowest BCUT2D eigenvalue weighted by Crippen LogP contribution is -2.30. The fraction of sp³-hybridized carbons (Fsp3) is 0.455. The Morgan fingerprint density at radius 2 is 2.44 bits per heavy atom. The second kappa shape index (κ2) is 8.66. The maximum atomic E-state index is 11.3. The van der Waals surface area contributed by atoms with E-state index in [1.807, 2.05) is 11.6 Å². The van der Waals surface area contributed by atoms with Crippen molar-refractivity contribution in [2.75, 3.05) is 25.3 Å². The van der Waals surface area contributed by atoms with Crippen LogP contribution in [0.2, 0.25) is 0 Å². The van der Waals surface area contributed by atoms with Gasteiger partial charge in [0.15, 0.2) is 0 Å². The Morgan fingerprint density at radius 3 is 3.11 bits per heavy atom. The Kier molecular flexibility index (Phi) is 7.53. The van der Waals surface area contributed by atoms with Gasteiger partial charge in [-0.3, -0.25) is 5.84 Å². The van der Waals surface area contributed by atoms with Gasteiger partial charge in [-0.2, -0.15) is 11.4 Å². The molecule has 7 heteroatoms. The summed E-state index contributed by atoms with van der Waals surface area (Å²) >= 11 is 8.14. The van der Waals surface area contributed by atoms with Gasteiger partial charge in [-0.1, -0.05) is 0 Å². The number of halogens is 1. The minimum absolute atomic E-state index is 0.289. The molecule has 0 bridgehead atoms. The van der Waals surface area contributed by atoms with Gasteiger partial charge in [0, 0.05) is 28.5 Å². The molecule has 0 aromatic carbocycles. The van der Waals surface area contributed by atoms with Gasteiger partial charge in [-0.05, 0) is 18.6 Å². The monoisotopic (exact) mass is 308 g/mol. The van der Waals surface area contributed by atoms with Crippen LogP contribution in [0.15, 0.2) is 12.1 Å². The second-order valence-electron chi connectivity index (χ2n) is 3.46. The molecule has 0 spiro atoms. The summed E-state index contributed by atoms with van der Waals surface area (Å²) < 4.78 is 4.66. The number of ether oxygens (including phenoxy) is 1. The zero-order valence-corrected chi connectivity index (χ0v) is 12.6. The number of carbonyl (C=O) groups is 1. The van der Waals surface area contributed by atoms with Crippen LogP contribution in [-0.4, -0.2) is 41.8 Å². The summed E-state index contributed by atoms with van der Waals surface area (Å²) in [5.41, 5.74) is 1.91. The van der Waals surface area contributed by atoms with Crippen molar-refractivity contribution in [3.8, 4) is 0 Å². The minimum atomic E-state index is -0.289. The molecular formula is C11H17ClN2O2S2. The van der Waals surface area contributed by atoms with Crippen molar-refractivity contribution in [1.29, 1.82) is 0 Å². The first-order valence-electron chi connectivity index (χ1n) is 5.41. The van der Waals surface area contributed by atoms with Gasteiger partial charge >= 0.3 is 5.97 Å². The summed E-state index contributed by atoms with van der Waals surface area (Å²) in [7, 11) is 1.38. The number of thiophene rings is 1. The van der Waals surface area contributed by atoms with E-state index in [0.717, 1.165) is 34.9 Å². The van der Waals surface area contributed by atoms with Gasteiger partial charge < -0.3 is 4.74 Å². The fourth-order valence-electron chi connectivity index (χ4n) is 1.23. The van der Waals surface area contributed by atoms with Gasteiger partial charge in [0.1, 0.15) is 4.88 Å². The highest BCUT2D eigenvalue weighted by molar-refractivity contribution is 7.97. The number of nitrogens with zero attached hydrogens (tertiary/aromatic N) is 1. The predicted octanol–water partition coefficient (Wildman–Crippen LogP) is 1.72. The van der Waals surface area contributed by atoms with Crippen LogP contribution in [0.4, 0.5) is 0 Å². The molecule has 0 radical (unpaired) electrons. The van der Waals surface area contributed by atoms with E-state index in [4.69, 9.17) is 17.4 Å². The molecule has 1 heterocycles. The number of nitrogens with two attached hydrogens (primary N) is 1. The van der Waals surface area contributed by atoms with Crippen LogP contribution in [0.25, 0.3) is 0 Å². The highest BCUT2D eigenvalue weighted by Gasteiger charge is 2.08. The number of methoxy groups -OCH3 is 1. The van der Waals surface area contributed by atoms with Crippen LogP contribution in [0.3, 0.4) is 0 Å². The van der Waals surface area contributed by atoms with E-state index in [1.54, 1.807) is 11.1 Å². The third-order valence-corrected chi connectivity index (χ3v) is 4.63. The van der Waals surface area contributed by atoms with E-state index in [2.05, 4.69) is 4.74 Å². The summed E-state index contributed by atoms with van der Waals surface area (Å²) in [6.07, 6.45) is 0.811. The highest BCUT2D eigenvalue weighted by atomic mass is 35.5. The number of hydrogen-bond acceptors (Lipinski definition) is 4. The first-order valence-corrected chi connectivity index (χ1v) is 7.91. The molecule has 0 aliphatic heterocycles. The maximum absolute atomic E-state index is 11.3. The SMILES string of the molecule is COC(=O)c1ccc(CCN(N)C=[SH]CCCl)s1. The number of hydrogen-bond donors (Lipinski definition) is 2. The predicted molar refractivity (Wildman–Crippen MR) is 80.9 cm³/mol. The number of thiol groups is 1. The Balaban J connectivity index is 2.39. The summed E-state index contributed by atoms with van der Waals surface area (Å²) in [5.74, 6) is 7.05. The molecule has 102 valence electrons. The fourth-order valence-corrected chi connectivity index (χ4v) is 2.98. The zero-order chi connectivity index (χ0) is 13.4. The normalized spacial score (nSPS) is 11.8. The molecule has 0 atom stereocenters. The molecule has 0 aliphatic rings. The molecule has 0 amide bonds. The number of rotatable bonds is 7. The molecule has 0 fully saturated rings. The zero-order valence-electron chi connectivity index (χ0n) is 10.1. The smallest absolute Gasteiger partial charge is 0.348 e. The average Bonchev–Trinajstić information content (AvgIpc) is 2.84. The van der Waals surface area contributed by atoms with Crippen molar-refractivity contribution >= 4 is 45.7 Å². The van der Waals surface area contributed by atoms with Gasteiger partial charge in [-0.15, -0.1) is 22.9 Å². The molecule has 0 unspecified atom stereocenters. The molecule has 4 nitrogen and oxygen atoms in total. The standard InChI is InChI=1S/C11H17ClN2O2S2/c1-16-11(15)10-3-2-9(18-10)4-6-14(13)8-17-7-5-12/h2-3,8,17H,4-7,13H2,1H3. The lowest BCUT2D eigenvalue weighted by molar-refractivity contribution is 0.0606. The summed E-state index contributed by atoms with van der Waals surface area (Å²) in [6.45, 7) is 0.719. The van der Waals surface area contributed by atoms with Crippen LogP contribution in [0.1, 0.15) is 14.5 Å². The summed E-state index contributed by atoms with van der Waals surface area (Å²) in [4.78, 5) is 13.0. The van der Waals surface area contributed by atoms with Crippen molar-refractivity contribution < 1.29 is 9.53 Å². The molecule has 18 heavy (non-hydrogen) atoms. The van der Waals surface area contributed by atoms with Crippen LogP contribution in [-0.2, 0) is 11.2 Å². The number of alkyl halides is 1. The van der Waals surface area contributed by atoms with E-state index in [-0.39, 0.29) is 5.97 Å². The quantitative estimate of drug-likeness (QED) is 0.201. The van der Waals surface area contributed by atoms with Crippen LogP contribution in [0, 0.1) is 0 Å². The highest BCUT2D eigenvalue weighted by Crippen LogP contribution is 2.17. The van der Waals surface area contributed by atoms with Crippen LogP contribution >= 0.6 is 34.3 Å². The van der Waals surface area contributed by atoms with E-state index in [0.29, 0.717) is 10.8 Å². The Bertz CT molecular complexity index is 410. The Hall–Kier alpha value is -0.400. The molecule has 0 saturated heterocycles. The van der Waals surface area contributed by atoms with Crippen molar-refractivity contribution in [1.82, 2.24) is 5.01 Å². The van der Waals surface area contributed by atoms with Gasteiger partial charge in [0.2, 0.25) is 0 Å². The van der Waals surface area contributed by atoms with E-state index in [1.165, 1.54) is 18.4 Å². The molecule has 1 aromatic heterocycles. The molecular weight excluding hydrogens is 292 g/mol. The largest absolute Gasteiger partial charge is 0.465 e. The topological polar surface area (TPSA) is 55.6 Å². The van der Waals surface area contributed by atoms with E-state index in [9.17, 15) is 4.79 Å². The molecule has 1 rings (SSSR count). The molecule has 2 N–H and O–H groups in total. The van der Waals surface area contributed by atoms with Gasteiger partial charge in [0.05, 0.1) is 7.11 Å². The van der Waals surface area contributed by atoms with Crippen molar-refractivity contribution in [2.45, 2.75) is 6.42 Å². The third kappa shape index (κ3) is 5.49. The Labute approximate surface area is 120 Å². The number of carbonyl (C=O) groups excluding carboxylic acids is 1. The lowest BCUT2D eigenvalue weighted by atomic mass is 10.3. The average molecular weight is 309 g/mol. The van der Waals surface area contributed by atoms with E-state index >= 15 is 0 Å². The molecule has 0 aliphatic carbocycles. The Morgan fingerprint density at radius 1 is 1.67 bits per heavy atom. The molecule has 1 aromatic rings. The lowest BCUT2D eigenvalue weighted by Gasteiger charge is -2.09. The van der Waals surface area contributed by atoms with Crippen LogP contribution < -0.4 is 5.84 Å². The summed E-state index contributed by atoms with van der Waals surface area (Å²) in [5, 5.41) is 1.66. The van der Waals surface area contributed by atoms with E-state index < -0.39 is 0 Å².